The van der Waals surface area contributed by atoms with Crippen molar-refractivity contribution in [1.82, 2.24) is 0 Å². The summed E-state index contributed by atoms with van der Waals surface area (Å²) in [6, 6.07) is 4.01. The van der Waals surface area contributed by atoms with Crippen LogP contribution in [0, 0.1) is 5.92 Å². The molecule has 78 valence electrons. The van der Waals surface area contributed by atoms with Crippen LogP contribution in [0.5, 0.6) is 0 Å². The van der Waals surface area contributed by atoms with Crippen LogP contribution in [0.4, 0.5) is 0 Å². The van der Waals surface area contributed by atoms with Crippen molar-refractivity contribution < 1.29 is 4.42 Å². The van der Waals surface area contributed by atoms with Crippen LogP contribution in [0.25, 0.3) is 6.08 Å². The van der Waals surface area contributed by atoms with Gasteiger partial charge in [-0.3, -0.25) is 0 Å². The van der Waals surface area contributed by atoms with E-state index < -0.39 is 0 Å². The van der Waals surface area contributed by atoms with E-state index in [-0.39, 0.29) is 0 Å². The number of halogens is 1. The second-order valence-corrected chi connectivity index (χ2v) is 3.93. The van der Waals surface area contributed by atoms with Crippen LogP contribution in [0.1, 0.15) is 32.3 Å². The Labute approximate surface area is 90.8 Å². The predicted octanol–water partition coefficient (Wildman–Crippen LogP) is 4.12. The van der Waals surface area contributed by atoms with Gasteiger partial charge in [0.15, 0.2) is 0 Å². The van der Waals surface area contributed by atoms with Crippen molar-refractivity contribution >= 4 is 17.7 Å². The molecular weight excluding hydrogens is 196 g/mol. The van der Waals surface area contributed by atoms with Crippen LogP contribution >= 0.6 is 11.6 Å². The molecule has 2 heteroatoms. The number of allylic oxidation sites excluding steroid dienone is 1. The fourth-order valence-electron chi connectivity index (χ4n) is 1.20. The molecule has 14 heavy (non-hydrogen) atoms. The molecule has 0 radical (unpaired) electrons. The molecule has 0 amide bonds. The first kappa shape index (κ1) is 11.4. The summed E-state index contributed by atoms with van der Waals surface area (Å²) in [5, 5.41) is 0. The Morgan fingerprint density at radius 3 is 2.64 bits per heavy atom. The Bertz CT molecular complexity index is 310. The molecule has 0 fully saturated rings. The summed E-state index contributed by atoms with van der Waals surface area (Å²) in [5.74, 6) is 2.97. The fraction of sp³-hybridized carbons (Fsp3) is 0.500. The number of aryl methyl sites for hydroxylation is 1. The topological polar surface area (TPSA) is 13.1 Å². The van der Waals surface area contributed by atoms with Crippen LogP contribution in [0.3, 0.4) is 0 Å². The minimum absolute atomic E-state index is 0.475. The highest BCUT2D eigenvalue weighted by atomic mass is 35.5. The molecule has 0 saturated heterocycles. The van der Waals surface area contributed by atoms with E-state index in [2.05, 4.69) is 20.8 Å². The van der Waals surface area contributed by atoms with Crippen LogP contribution in [0.15, 0.2) is 22.1 Å². The van der Waals surface area contributed by atoms with Gasteiger partial charge in [-0.2, -0.15) is 0 Å². The van der Waals surface area contributed by atoms with Crippen LogP contribution < -0.4 is 0 Å². The molecule has 0 aromatic carbocycles. The largest absolute Gasteiger partial charge is 0.462 e. The minimum Gasteiger partial charge on any atom is -0.462 e. The zero-order valence-electron chi connectivity index (χ0n) is 9.01. The van der Waals surface area contributed by atoms with E-state index in [0.717, 1.165) is 17.9 Å². The highest BCUT2D eigenvalue weighted by molar-refractivity contribution is 6.19. The van der Waals surface area contributed by atoms with Gasteiger partial charge in [-0.15, -0.1) is 11.6 Å². The van der Waals surface area contributed by atoms with Gasteiger partial charge < -0.3 is 4.42 Å². The van der Waals surface area contributed by atoms with Crippen molar-refractivity contribution in [1.29, 1.82) is 0 Å². The first-order chi connectivity index (χ1) is 6.67. The number of rotatable bonds is 4. The van der Waals surface area contributed by atoms with Crippen LogP contribution in [-0.4, -0.2) is 5.88 Å². The lowest BCUT2D eigenvalue weighted by Crippen LogP contribution is -1.94. The molecule has 0 aliphatic rings. The highest BCUT2D eigenvalue weighted by Gasteiger charge is 2.04. The first-order valence-corrected chi connectivity index (χ1v) is 5.56. The van der Waals surface area contributed by atoms with Gasteiger partial charge in [-0.25, -0.2) is 0 Å². The molecule has 1 aromatic rings. The molecule has 0 atom stereocenters. The Balaban J connectivity index is 2.83. The standard InChI is InChI=1S/C12H17ClO/c1-4-11-5-6-12(14-11)7-10(8-13)9(2)3/h5-7,9H,4,8H2,1-3H3. The maximum absolute atomic E-state index is 5.84. The highest BCUT2D eigenvalue weighted by Crippen LogP contribution is 2.18. The van der Waals surface area contributed by atoms with Crippen molar-refractivity contribution in [2.24, 2.45) is 5.92 Å². The molecule has 0 aliphatic heterocycles. The lowest BCUT2D eigenvalue weighted by Gasteiger charge is -2.05. The van der Waals surface area contributed by atoms with Gasteiger partial charge in [0, 0.05) is 12.3 Å². The minimum atomic E-state index is 0.475. The number of hydrogen-bond donors (Lipinski definition) is 0. The summed E-state index contributed by atoms with van der Waals surface area (Å²) >= 11 is 5.84. The average molecular weight is 213 g/mol. The molecule has 0 unspecified atom stereocenters. The quantitative estimate of drug-likeness (QED) is 0.685. The molecular formula is C12H17ClO. The van der Waals surface area contributed by atoms with Gasteiger partial charge in [-0.1, -0.05) is 20.8 Å². The van der Waals surface area contributed by atoms with Crippen molar-refractivity contribution in [2.45, 2.75) is 27.2 Å². The van der Waals surface area contributed by atoms with Gasteiger partial charge in [-0.05, 0) is 29.7 Å². The summed E-state index contributed by atoms with van der Waals surface area (Å²) in [5.41, 5.74) is 1.21. The molecule has 1 rings (SSSR count). The normalized spacial score (nSPS) is 12.5. The Hall–Kier alpha value is -0.690. The first-order valence-electron chi connectivity index (χ1n) is 5.02. The SMILES string of the molecule is CCc1ccc(C=C(CCl)C(C)C)o1. The van der Waals surface area contributed by atoms with Crippen molar-refractivity contribution in [3.8, 4) is 0 Å². The van der Waals surface area contributed by atoms with E-state index in [1.807, 2.05) is 18.2 Å². The molecule has 1 heterocycles. The summed E-state index contributed by atoms with van der Waals surface area (Å²) in [7, 11) is 0. The summed E-state index contributed by atoms with van der Waals surface area (Å²) in [6.45, 7) is 6.35. The molecule has 1 aromatic heterocycles. The number of hydrogen-bond acceptors (Lipinski definition) is 1. The van der Waals surface area contributed by atoms with Gasteiger partial charge in [0.2, 0.25) is 0 Å². The third-order valence-corrected chi connectivity index (χ3v) is 2.56. The van der Waals surface area contributed by atoms with E-state index >= 15 is 0 Å². The van der Waals surface area contributed by atoms with Crippen molar-refractivity contribution in [3.05, 3.63) is 29.2 Å². The zero-order chi connectivity index (χ0) is 10.6. The van der Waals surface area contributed by atoms with Crippen molar-refractivity contribution in [3.63, 3.8) is 0 Å². The smallest absolute Gasteiger partial charge is 0.127 e. The number of furan rings is 1. The second-order valence-electron chi connectivity index (χ2n) is 3.67. The summed E-state index contributed by atoms with van der Waals surface area (Å²) in [4.78, 5) is 0. The molecule has 0 spiro atoms. The Morgan fingerprint density at radius 2 is 2.21 bits per heavy atom. The summed E-state index contributed by atoms with van der Waals surface area (Å²) in [6.07, 6.45) is 2.97. The lowest BCUT2D eigenvalue weighted by molar-refractivity contribution is 0.506. The average Bonchev–Trinajstić information content (AvgIpc) is 2.61. The maximum atomic E-state index is 5.84. The van der Waals surface area contributed by atoms with Gasteiger partial charge in [0.05, 0.1) is 0 Å². The van der Waals surface area contributed by atoms with E-state index in [9.17, 15) is 0 Å². The van der Waals surface area contributed by atoms with Crippen LogP contribution in [-0.2, 0) is 6.42 Å². The van der Waals surface area contributed by atoms with Crippen LogP contribution in [0.2, 0.25) is 0 Å². The molecule has 0 aliphatic carbocycles. The van der Waals surface area contributed by atoms with E-state index in [1.54, 1.807) is 0 Å². The van der Waals surface area contributed by atoms with Gasteiger partial charge >= 0.3 is 0 Å². The Kier molecular flexibility index (Phi) is 4.27. The van der Waals surface area contributed by atoms with E-state index in [4.69, 9.17) is 16.0 Å². The third kappa shape index (κ3) is 2.91. The number of alkyl halides is 1. The van der Waals surface area contributed by atoms with Crippen molar-refractivity contribution in [2.75, 3.05) is 5.88 Å². The van der Waals surface area contributed by atoms with E-state index in [0.29, 0.717) is 11.8 Å². The van der Waals surface area contributed by atoms with Gasteiger partial charge in [0.25, 0.3) is 0 Å². The molecule has 0 bridgehead atoms. The zero-order valence-corrected chi connectivity index (χ0v) is 9.77. The maximum Gasteiger partial charge on any atom is 0.127 e. The monoisotopic (exact) mass is 212 g/mol. The third-order valence-electron chi connectivity index (χ3n) is 2.25. The molecule has 0 saturated carbocycles. The predicted molar refractivity (Wildman–Crippen MR) is 61.6 cm³/mol. The second kappa shape index (κ2) is 5.26. The molecule has 0 N–H and O–H groups in total. The lowest BCUT2D eigenvalue weighted by atomic mass is 10.0. The fourth-order valence-corrected chi connectivity index (χ4v) is 1.59. The van der Waals surface area contributed by atoms with Gasteiger partial charge in [0.1, 0.15) is 11.5 Å². The molecule has 1 nitrogen and oxygen atoms in total. The summed E-state index contributed by atoms with van der Waals surface area (Å²) < 4.78 is 5.58. The Morgan fingerprint density at radius 1 is 1.50 bits per heavy atom. The van der Waals surface area contributed by atoms with E-state index in [1.165, 1.54) is 5.57 Å².